The van der Waals surface area contributed by atoms with Crippen LogP contribution < -0.4 is 20.3 Å². The number of ether oxygens (including phenoxy) is 1. The van der Waals surface area contributed by atoms with Crippen LogP contribution in [-0.4, -0.2) is 54.4 Å². The highest BCUT2D eigenvalue weighted by Crippen LogP contribution is 2.32. The zero-order chi connectivity index (χ0) is 19.6. The molecule has 0 radical (unpaired) electrons. The molecule has 2 saturated heterocycles. The molecule has 0 spiro atoms. The van der Waals surface area contributed by atoms with Crippen molar-refractivity contribution in [3.63, 3.8) is 0 Å². The Morgan fingerprint density at radius 2 is 2.03 bits per heavy atom. The van der Waals surface area contributed by atoms with Crippen molar-refractivity contribution in [1.29, 1.82) is 0 Å². The van der Waals surface area contributed by atoms with E-state index in [2.05, 4.69) is 15.7 Å². The molecule has 2 aliphatic rings. The van der Waals surface area contributed by atoms with Crippen molar-refractivity contribution in [2.45, 2.75) is 30.8 Å². The molecule has 2 fully saturated rings. The van der Waals surface area contributed by atoms with Gasteiger partial charge in [0.1, 0.15) is 17.3 Å². The largest absolute Gasteiger partial charge is 0.495 e. The lowest BCUT2D eigenvalue weighted by atomic mass is 9.87. The van der Waals surface area contributed by atoms with Gasteiger partial charge < -0.3 is 20.3 Å². The minimum absolute atomic E-state index is 0. The number of hydrogen-bond donors (Lipinski definition) is 2. The van der Waals surface area contributed by atoms with Gasteiger partial charge in [0.25, 0.3) is 0 Å². The zero-order valence-corrected chi connectivity index (χ0v) is 17.2. The lowest BCUT2D eigenvalue weighted by Gasteiger charge is -2.37. The number of piperidine rings is 1. The standard InChI is InChI=1S/C20H25N5O3.ClH/c1-28-17-6-3-2-5-16(17)24-14-7-15(18(24)26)23-19(27)20(8-11-21-12-9-20)25-13-4-10-22-25;/h2-6,10,13,15,21H,7-9,11-12,14H2,1H3,(H,23,27);1H. The summed E-state index contributed by atoms with van der Waals surface area (Å²) < 4.78 is 7.12. The molecule has 0 saturated carbocycles. The number of rotatable bonds is 5. The summed E-state index contributed by atoms with van der Waals surface area (Å²) in [4.78, 5) is 28.0. The van der Waals surface area contributed by atoms with E-state index in [1.54, 1.807) is 22.9 Å². The SMILES string of the molecule is COc1ccccc1N1CCC(NC(=O)C2(n3cccn3)CCNCC2)C1=O.Cl. The maximum Gasteiger partial charge on any atom is 0.249 e. The highest BCUT2D eigenvalue weighted by molar-refractivity contribution is 6.03. The van der Waals surface area contributed by atoms with Gasteiger partial charge in [-0.05, 0) is 50.6 Å². The Morgan fingerprint density at radius 3 is 2.72 bits per heavy atom. The number of hydrogen-bond acceptors (Lipinski definition) is 5. The average molecular weight is 420 g/mol. The molecule has 156 valence electrons. The van der Waals surface area contributed by atoms with Crippen molar-refractivity contribution in [2.75, 3.05) is 31.6 Å². The van der Waals surface area contributed by atoms with Crippen LogP contribution in [0.25, 0.3) is 0 Å². The van der Waals surface area contributed by atoms with Crippen molar-refractivity contribution >= 4 is 29.9 Å². The van der Waals surface area contributed by atoms with Crippen molar-refractivity contribution < 1.29 is 14.3 Å². The van der Waals surface area contributed by atoms with Gasteiger partial charge >= 0.3 is 0 Å². The van der Waals surface area contributed by atoms with Gasteiger partial charge in [0.15, 0.2) is 0 Å². The summed E-state index contributed by atoms with van der Waals surface area (Å²) in [5.41, 5.74) is -0.0252. The summed E-state index contributed by atoms with van der Waals surface area (Å²) in [7, 11) is 1.59. The highest BCUT2D eigenvalue weighted by Gasteiger charge is 2.45. The van der Waals surface area contributed by atoms with Crippen LogP contribution in [0, 0.1) is 0 Å². The summed E-state index contributed by atoms with van der Waals surface area (Å²) in [5, 5.41) is 10.6. The molecule has 2 aliphatic heterocycles. The molecular weight excluding hydrogens is 394 g/mol. The first-order valence-corrected chi connectivity index (χ1v) is 9.62. The Bertz CT molecular complexity index is 852. The zero-order valence-electron chi connectivity index (χ0n) is 16.3. The number of aromatic nitrogens is 2. The van der Waals surface area contributed by atoms with Crippen LogP contribution in [0.1, 0.15) is 19.3 Å². The van der Waals surface area contributed by atoms with Gasteiger partial charge in [0.05, 0.1) is 12.8 Å². The topological polar surface area (TPSA) is 88.5 Å². The fourth-order valence-electron chi connectivity index (χ4n) is 4.12. The van der Waals surface area contributed by atoms with E-state index in [0.717, 1.165) is 18.8 Å². The first-order valence-electron chi connectivity index (χ1n) is 9.62. The number of nitrogens with one attached hydrogen (secondary N) is 2. The third-order valence-corrected chi connectivity index (χ3v) is 5.68. The van der Waals surface area contributed by atoms with Crippen LogP contribution >= 0.6 is 12.4 Å². The second-order valence-electron chi connectivity index (χ2n) is 7.21. The Labute approximate surface area is 176 Å². The fourth-order valence-corrected chi connectivity index (χ4v) is 4.12. The van der Waals surface area contributed by atoms with Crippen LogP contribution in [0.3, 0.4) is 0 Å². The predicted molar refractivity (Wildman–Crippen MR) is 111 cm³/mol. The lowest BCUT2D eigenvalue weighted by Crippen LogP contribution is -2.57. The Balaban J connectivity index is 0.00000240. The second kappa shape index (κ2) is 8.84. The summed E-state index contributed by atoms with van der Waals surface area (Å²) in [5.74, 6) is 0.398. The minimum atomic E-state index is -0.757. The van der Waals surface area contributed by atoms with Crippen LogP contribution in [0.2, 0.25) is 0 Å². The van der Waals surface area contributed by atoms with Crippen molar-refractivity contribution in [2.24, 2.45) is 0 Å². The van der Waals surface area contributed by atoms with Crippen molar-refractivity contribution in [3.8, 4) is 5.75 Å². The second-order valence-corrected chi connectivity index (χ2v) is 7.21. The Morgan fingerprint density at radius 1 is 1.28 bits per heavy atom. The van der Waals surface area contributed by atoms with E-state index < -0.39 is 11.6 Å². The summed E-state index contributed by atoms with van der Waals surface area (Å²) in [6.07, 6.45) is 5.34. The number of carbonyl (C=O) groups excluding carboxylic acids is 2. The van der Waals surface area contributed by atoms with Gasteiger partial charge in [0.2, 0.25) is 11.8 Å². The predicted octanol–water partition coefficient (Wildman–Crippen LogP) is 1.31. The quantitative estimate of drug-likeness (QED) is 0.763. The lowest BCUT2D eigenvalue weighted by molar-refractivity contribution is -0.135. The third-order valence-electron chi connectivity index (χ3n) is 5.68. The number of benzene rings is 1. The highest BCUT2D eigenvalue weighted by atomic mass is 35.5. The Hall–Kier alpha value is -2.58. The van der Waals surface area contributed by atoms with E-state index in [-0.39, 0.29) is 24.2 Å². The van der Waals surface area contributed by atoms with Gasteiger partial charge in [-0.2, -0.15) is 5.10 Å². The number of halogens is 1. The molecule has 29 heavy (non-hydrogen) atoms. The molecule has 1 aromatic heterocycles. The molecule has 9 heteroatoms. The molecule has 2 amide bonds. The van der Waals surface area contributed by atoms with Gasteiger partial charge in [-0.15, -0.1) is 12.4 Å². The molecule has 8 nitrogen and oxygen atoms in total. The van der Waals surface area contributed by atoms with Crippen molar-refractivity contribution in [3.05, 3.63) is 42.7 Å². The molecule has 1 atom stereocenters. The molecule has 2 aromatic rings. The normalized spacial score (nSPS) is 20.8. The molecule has 0 bridgehead atoms. The van der Waals surface area contributed by atoms with E-state index >= 15 is 0 Å². The molecule has 1 aromatic carbocycles. The molecule has 1 unspecified atom stereocenters. The van der Waals surface area contributed by atoms with Crippen LogP contribution in [0.5, 0.6) is 5.75 Å². The van der Waals surface area contributed by atoms with Gasteiger partial charge in [0, 0.05) is 18.9 Å². The van der Waals surface area contributed by atoms with E-state index in [1.807, 2.05) is 36.5 Å². The minimum Gasteiger partial charge on any atom is -0.495 e. The molecule has 3 heterocycles. The van der Waals surface area contributed by atoms with Gasteiger partial charge in [-0.25, -0.2) is 0 Å². The smallest absolute Gasteiger partial charge is 0.249 e. The molecule has 0 aliphatic carbocycles. The van der Waals surface area contributed by atoms with E-state index in [1.165, 1.54) is 0 Å². The molecule has 2 N–H and O–H groups in total. The van der Waals surface area contributed by atoms with E-state index in [0.29, 0.717) is 31.6 Å². The maximum absolute atomic E-state index is 13.3. The number of para-hydroxylation sites is 2. The van der Waals surface area contributed by atoms with Crippen LogP contribution in [0.4, 0.5) is 5.69 Å². The number of amides is 2. The van der Waals surface area contributed by atoms with Crippen LogP contribution in [0.15, 0.2) is 42.7 Å². The van der Waals surface area contributed by atoms with Crippen LogP contribution in [-0.2, 0) is 15.1 Å². The summed E-state index contributed by atoms with van der Waals surface area (Å²) in [6.45, 7) is 2.01. The first kappa shape index (κ1) is 21.1. The number of methoxy groups -OCH3 is 1. The fraction of sp³-hybridized carbons (Fsp3) is 0.450. The van der Waals surface area contributed by atoms with Crippen molar-refractivity contribution in [1.82, 2.24) is 20.4 Å². The van der Waals surface area contributed by atoms with E-state index in [9.17, 15) is 9.59 Å². The summed E-state index contributed by atoms with van der Waals surface area (Å²) in [6, 6.07) is 8.71. The number of nitrogens with zero attached hydrogens (tertiary/aromatic N) is 3. The first-order chi connectivity index (χ1) is 13.7. The average Bonchev–Trinajstić information content (AvgIpc) is 3.40. The van der Waals surface area contributed by atoms with Gasteiger partial charge in [-0.3, -0.25) is 14.3 Å². The third kappa shape index (κ3) is 3.82. The molecule has 4 rings (SSSR count). The Kier molecular flexibility index (Phi) is 6.44. The monoisotopic (exact) mass is 419 g/mol. The summed E-state index contributed by atoms with van der Waals surface area (Å²) >= 11 is 0. The number of carbonyl (C=O) groups is 2. The number of anilines is 1. The molecular formula is C20H26ClN5O3. The maximum atomic E-state index is 13.3. The van der Waals surface area contributed by atoms with Gasteiger partial charge in [-0.1, -0.05) is 12.1 Å². The van der Waals surface area contributed by atoms with E-state index in [4.69, 9.17) is 4.74 Å².